The summed E-state index contributed by atoms with van der Waals surface area (Å²) in [6, 6.07) is 14.8. The highest BCUT2D eigenvalue weighted by molar-refractivity contribution is 7.80. The first-order valence-corrected chi connectivity index (χ1v) is 8.08. The van der Waals surface area contributed by atoms with Crippen LogP contribution in [-0.2, 0) is 4.79 Å². The van der Waals surface area contributed by atoms with E-state index in [1.807, 2.05) is 42.5 Å². The Labute approximate surface area is 152 Å². The van der Waals surface area contributed by atoms with Gasteiger partial charge in [0, 0.05) is 18.7 Å². The summed E-state index contributed by atoms with van der Waals surface area (Å²) in [7, 11) is 4.96. The summed E-state index contributed by atoms with van der Waals surface area (Å²) < 4.78 is 10.6. The molecule has 5 nitrogen and oxygen atoms in total. The topological polar surface area (TPSA) is 42.0 Å². The molecule has 2 aromatic carbocycles. The Morgan fingerprint density at radius 2 is 1.76 bits per heavy atom. The smallest absolute Gasteiger partial charge is 0.281 e. The molecule has 2 aromatic rings. The first-order chi connectivity index (χ1) is 12.1. The highest BCUT2D eigenvalue weighted by atomic mass is 32.1. The van der Waals surface area contributed by atoms with Gasteiger partial charge in [0.1, 0.15) is 17.2 Å². The number of rotatable bonds is 4. The predicted molar refractivity (Wildman–Crippen MR) is 102 cm³/mol. The van der Waals surface area contributed by atoms with Crippen molar-refractivity contribution in [3.05, 3.63) is 59.8 Å². The number of nitrogens with zero attached hydrogens (tertiary/aromatic N) is 2. The van der Waals surface area contributed by atoms with Crippen LogP contribution in [0.15, 0.2) is 54.2 Å². The number of carbonyl (C=O) groups excluding carboxylic acids is 1. The van der Waals surface area contributed by atoms with E-state index in [0.717, 1.165) is 11.3 Å². The van der Waals surface area contributed by atoms with Gasteiger partial charge in [0.2, 0.25) is 0 Å². The van der Waals surface area contributed by atoms with E-state index in [4.69, 9.17) is 21.7 Å². The fraction of sp³-hybridized carbons (Fsp3) is 0.158. The Bertz CT molecular complexity index is 849. The Kier molecular flexibility index (Phi) is 4.72. The number of likely N-dealkylation sites (N-methyl/N-ethyl adjacent to an activating group) is 1. The van der Waals surface area contributed by atoms with E-state index in [0.29, 0.717) is 22.3 Å². The molecule has 0 aromatic heterocycles. The number of anilines is 1. The molecule has 128 valence electrons. The van der Waals surface area contributed by atoms with Crippen molar-refractivity contribution in [1.29, 1.82) is 0 Å². The van der Waals surface area contributed by atoms with Crippen LogP contribution >= 0.6 is 12.2 Å². The van der Waals surface area contributed by atoms with E-state index in [-0.39, 0.29) is 5.91 Å². The molecule has 0 saturated carbocycles. The lowest BCUT2D eigenvalue weighted by Crippen LogP contribution is -2.30. The normalized spacial score (nSPS) is 15.9. The van der Waals surface area contributed by atoms with Crippen LogP contribution in [0.25, 0.3) is 6.08 Å². The molecule has 0 atom stereocenters. The molecule has 1 fully saturated rings. The van der Waals surface area contributed by atoms with Gasteiger partial charge in [-0.1, -0.05) is 18.2 Å². The SMILES string of the molecule is COc1ccc(/C=C2/C(=O)N(c3ccccc3)C(=S)N2C)c(OC)c1. The molecule has 1 aliphatic heterocycles. The van der Waals surface area contributed by atoms with Crippen molar-refractivity contribution in [3.8, 4) is 11.5 Å². The van der Waals surface area contributed by atoms with Crippen LogP contribution in [0.1, 0.15) is 5.56 Å². The second-order valence-corrected chi connectivity index (χ2v) is 5.82. The van der Waals surface area contributed by atoms with E-state index >= 15 is 0 Å². The molecule has 3 rings (SSSR count). The van der Waals surface area contributed by atoms with E-state index < -0.39 is 0 Å². The van der Waals surface area contributed by atoms with Crippen molar-refractivity contribution in [3.63, 3.8) is 0 Å². The minimum absolute atomic E-state index is 0.170. The van der Waals surface area contributed by atoms with E-state index in [2.05, 4.69) is 0 Å². The standard InChI is InChI=1S/C19H18N2O3S/c1-20-16(11-13-9-10-15(23-2)12-17(13)24-3)18(22)21(19(20)25)14-7-5-4-6-8-14/h4-12H,1-3H3/b16-11-. The molecule has 0 N–H and O–H groups in total. The molecule has 25 heavy (non-hydrogen) atoms. The first-order valence-electron chi connectivity index (χ1n) is 7.67. The summed E-state index contributed by atoms with van der Waals surface area (Å²) in [4.78, 5) is 16.1. The summed E-state index contributed by atoms with van der Waals surface area (Å²) in [6.07, 6.45) is 1.77. The van der Waals surface area contributed by atoms with Gasteiger partial charge in [-0.15, -0.1) is 0 Å². The zero-order chi connectivity index (χ0) is 18.0. The first kappa shape index (κ1) is 17.0. The zero-order valence-corrected chi connectivity index (χ0v) is 15.0. The monoisotopic (exact) mass is 354 g/mol. The molecule has 0 radical (unpaired) electrons. The molecule has 0 aliphatic carbocycles. The van der Waals surface area contributed by atoms with Crippen LogP contribution in [0.3, 0.4) is 0 Å². The van der Waals surface area contributed by atoms with Crippen LogP contribution < -0.4 is 14.4 Å². The lowest BCUT2D eigenvalue weighted by Gasteiger charge is -2.16. The average Bonchev–Trinajstić information content (AvgIpc) is 2.86. The van der Waals surface area contributed by atoms with Crippen molar-refractivity contribution < 1.29 is 14.3 Å². The number of methoxy groups -OCH3 is 2. The van der Waals surface area contributed by atoms with E-state index in [9.17, 15) is 4.79 Å². The van der Waals surface area contributed by atoms with Gasteiger partial charge in [-0.2, -0.15) is 0 Å². The van der Waals surface area contributed by atoms with Gasteiger partial charge < -0.3 is 14.4 Å². The lowest BCUT2D eigenvalue weighted by molar-refractivity contribution is -0.114. The summed E-state index contributed by atoms with van der Waals surface area (Å²) in [5.41, 5.74) is 2.00. The average molecular weight is 354 g/mol. The second kappa shape index (κ2) is 6.94. The molecule has 1 heterocycles. The molecule has 1 amide bonds. The van der Waals surface area contributed by atoms with Crippen LogP contribution in [0.4, 0.5) is 5.69 Å². The largest absolute Gasteiger partial charge is 0.497 e. The minimum atomic E-state index is -0.170. The lowest BCUT2D eigenvalue weighted by atomic mass is 10.1. The predicted octanol–water partition coefficient (Wildman–Crippen LogP) is 3.31. The van der Waals surface area contributed by atoms with E-state index in [1.54, 1.807) is 38.3 Å². The second-order valence-electron chi connectivity index (χ2n) is 5.46. The minimum Gasteiger partial charge on any atom is -0.497 e. The third-order valence-corrected chi connectivity index (χ3v) is 4.47. The molecule has 1 saturated heterocycles. The van der Waals surface area contributed by atoms with Crippen LogP contribution in [0.2, 0.25) is 0 Å². The van der Waals surface area contributed by atoms with E-state index in [1.165, 1.54) is 4.90 Å². The molecule has 6 heteroatoms. The quantitative estimate of drug-likeness (QED) is 0.622. The number of amides is 1. The number of hydrogen-bond acceptors (Lipinski definition) is 4. The zero-order valence-electron chi connectivity index (χ0n) is 14.2. The molecule has 0 unspecified atom stereocenters. The highest BCUT2D eigenvalue weighted by Crippen LogP contribution is 2.31. The van der Waals surface area contributed by atoms with Gasteiger partial charge in [-0.25, -0.2) is 0 Å². The number of ether oxygens (including phenoxy) is 2. The van der Waals surface area contributed by atoms with Gasteiger partial charge in [-0.05, 0) is 42.6 Å². The Balaban J connectivity index is 2.02. The van der Waals surface area contributed by atoms with Gasteiger partial charge in [-0.3, -0.25) is 9.69 Å². The molecular weight excluding hydrogens is 336 g/mol. The number of carbonyl (C=O) groups is 1. The van der Waals surface area contributed by atoms with Crippen LogP contribution in [-0.4, -0.2) is 37.2 Å². The van der Waals surface area contributed by atoms with Gasteiger partial charge >= 0.3 is 0 Å². The molecular formula is C19H18N2O3S. The fourth-order valence-corrected chi connectivity index (χ4v) is 2.93. The van der Waals surface area contributed by atoms with Crippen LogP contribution in [0.5, 0.6) is 11.5 Å². The number of benzene rings is 2. The third kappa shape index (κ3) is 3.08. The van der Waals surface area contributed by atoms with Gasteiger partial charge in [0.05, 0.1) is 19.9 Å². The molecule has 0 bridgehead atoms. The molecule has 0 spiro atoms. The Morgan fingerprint density at radius 1 is 1.04 bits per heavy atom. The maximum absolute atomic E-state index is 12.9. The van der Waals surface area contributed by atoms with Crippen molar-refractivity contribution in [2.75, 3.05) is 26.2 Å². The van der Waals surface area contributed by atoms with Crippen molar-refractivity contribution in [2.45, 2.75) is 0 Å². The summed E-state index contributed by atoms with van der Waals surface area (Å²) >= 11 is 5.46. The maximum Gasteiger partial charge on any atom is 0.281 e. The van der Waals surface area contributed by atoms with Gasteiger partial charge in [0.25, 0.3) is 5.91 Å². The maximum atomic E-state index is 12.9. The summed E-state index contributed by atoms with van der Waals surface area (Å²) in [5, 5.41) is 0.440. The van der Waals surface area contributed by atoms with Crippen molar-refractivity contribution >= 4 is 35.0 Å². The third-order valence-electron chi connectivity index (χ3n) is 4.01. The summed E-state index contributed by atoms with van der Waals surface area (Å²) in [5.74, 6) is 1.14. The number of para-hydroxylation sites is 1. The molecule has 1 aliphatic rings. The van der Waals surface area contributed by atoms with Crippen molar-refractivity contribution in [2.24, 2.45) is 0 Å². The van der Waals surface area contributed by atoms with Crippen molar-refractivity contribution in [1.82, 2.24) is 4.90 Å². The van der Waals surface area contributed by atoms with Gasteiger partial charge in [0.15, 0.2) is 5.11 Å². The highest BCUT2D eigenvalue weighted by Gasteiger charge is 2.36. The fourth-order valence-electron chi connectivity index (χ4n) is 2.65. The Hall–Kier alpha value is -2.86. The van der Waals surface area contributed by atoms with Crippen LogP contribution in [0, 0.1) is 0 Å². The summed E-state index contributed by atoms with van der Waals surface area (Å²) in [6.45, 7) is 0. The Morgan fingerprint density at radius 3 is 2.40 bits per heavy atom. The number of hydrogen-bond donors (Lipinski definition) is 0. The number of thiocarbonyl (C=S) groups is 1.